The average molecular weight is 303 g/mol. The highest BCUT2D eigenvalue weighted by molar-refractivity contribution is 5.76. The van der Waals surface area contributed by atoms with E-state index in [4.69, 9.17) is 4.74 Å². The molecule has 0 saturated carbocycles. The molecule has 0 aromatic heterocycles. The summed E-state index contributed by atoms with van der Waals surface area (Å²) in [5.41, 5.74) is 1.25. The van der Waals surface area contributed by atoms with E-state index in [1.165, 1.54) is 12.7 Å². The van der Waals surface area contributed by atoms with E-state index in [2.05, 4.69) is 56.9 Å². The van der Waals surface area contributed by atoms with Crippen LogP contribution in [0, 0.1) is 17.8 Å². The van der Waals surface area contributed by atoms with Gasteiger partial charge in [0, 0.05) is 12.6 Å². The SMILES string of the molecule is CC[C@@H]1[C@H](C)[C@H](C)[C@@H](C)[C@@H](C(=O)OC)N1Cc1ccccc1. The minimum absolute atomic E-state index is 0.0966. The molecule has 1 aromatic rings. The summed E-state index contributed by atoms with van der Waals surface area (Å²) in [6, 6.07) is 10.7. The van der Waals surface area contributed by atoms with Crippen molar-refractivity contribution in [2.45, 2.75) is 52.7 Å². The quantitative estimate of drug-likeness (QED) is 0.794. The van der Waals surface area contributed by atoms with Crippen LogP contribution >= 0.6 is 0 Å². The molecule has 3 heteroatoms. The Hall–Kier alpha value is -1.35. The van der Waals surface area contributed by atoms with Crippen molar-refractivity contribution in [3.63, 3.8) is 0 Å². The van der Waals surface area contributed by atoms with Gasteiger partial charge in [-0.3, -0.25) is 9.69 Å². The first-order valence-electron chi connectivity index (χ1n) is 8.38. The zero-order chi connectivity index (χ0) is 16.3. The van der Waals surface area contributed by atoms with Crippen molar-refractivity contribution in [3.8, 4) is 0 Å². The largest absolute Gasteiger partial charge is 0.468 e. The number of methoxy groups -OCH3 is 1. The Morgan fingerprint density at radius 1 is 1.09 bits per heavy atom. The van der Waals surface area contributed by atoms with E-state index in [1.807, 2.05) is 6.07 Å². The molecule has 1 saturated heterocycles. The monoisotopic (exact) mass is 303 g/mol. The van der Waals surface area contributed by atoms with Crippen molar-refractivity contribution in [1.82, 2.24) is 4.90 Å². The molecule has 1 aliphatic heterocycles. The molecule has 0 spiro atoms. The first kappa shape index (κ1) is 17.0. The second-order valence-corrected chi connectivity index (χ2v) is 6.68. The Morgan fingerprint density at radius 2 is 1.73 bits per heavy atom. The standard InChI is InChI=1S/C19H29NO2/c1-6-17-14(3)13(2)15(4)18(19(21)22-5)20(17)12-16-10-8-7-9-11-16/h7-11,13-15,17-18H,6,12H2,1-5H3/t13-,14+,15+,17+,18-/m0/s1. The van der Waals surface area contributed by atoms with E-state index in [1.54, 1.807) is 0 Å². The molecule has 5 atom stereocenters. The molecule has 0 amide bonds. The van der Waals surface area contributed by atoms with Gasteiger partial charge in [-0.1, -0.05) is 58.0 Å². The number of esters is 1. The highest BCUT2D eigenvalue weighted by Gasteiger charge is 2.46. The van der Waals surface area contributed by atoms with Crippen molar-refractivity contribution in [3.05, 3.63) is 35.9 Å². The number of carbonyl (C=O) groups is 1. The fourth-order valence-electron chi connectivity index (χ4n) is 4.01. The number of hydrogen-bond donors (Lipinski definition) is 0. The zero-order valence-electron chi connectivity index (χ0n) is 14.5. The molecular formula is C19H29NO2. The average Bonchev–Trinajstić information content (AvgIpc) is 2.54. The summed E-state index contributed by atoms with van der Waals surface area (Å²) >= 11 is 0. The molecule has 0 N–H and O–H groups in total. The predicted octanol–water partition coefficient (Wildman–Crippen LogP) is 3.73. The minimum Gasteiger partial charge on any atom is -0.468 e. The molecule has 3 nitrogen and oxygen atoms in total. The molecule has 0 bridgehead atoms. The fourth-order valence-corrected chi connectivity index (χ4v) is 4.01. The van der Waals surface area contributed by atoms with Gasteiger partial charge in [0.05, 0.1) is 7.11 Å². The lowest BCUT2D eigenvalue weighted by Crippen LogP contribution is -2.59. The predicted molar refractivity (Wildman–Crippen MR) is 89.4 cm³/mol. The van der Waals surface area contributed by atoms with Crippen molar-refractivity contribution in [2.75, 3.05) is 7.11 Å². The summed E-state index contributed by atoms with van der Waals surface area (Å²) in [7, 11) is 1.50. The van der Waals surface area contributed by atoms with Gasteiger partial charge in [0.2, 0.25) is 0 Å². The number of ether oxygens (including phenoxy) is 1. The number of carbonyl (C=O) groups excluding carboxylic acids is 1. The summed E-state index contributed by atoms with van der Waals surface area (Å²) in [5, 5.41) is 0. The van der Waals surface area contributed by atoms with E-state index in [0.717, 1.165) is 13.0 Å². The van der Waals surface area contributed by atoms with Crippen LogP contribution < -0.4 is 0 Å². The van der Waals surface area contributed by atoms with Gasteiger partial charge in [-0.2, -0.15) is 0 Å². The van der Waals surface area contributed by atoms with E-state index in [-0.39, 0.29) is 12.0 Å². The molecule has 1 fully saturated rings. The minimum atomic E-state index is -0.152. The molecular weight excluding hydrogens is 274 g/mol. The summed E-state index contributed by atoms with van der Waals surface area (Å²) in [6.07, 6.45) is 1.05. The second kappa shape index (κ2) is 7.28. The van der Waals surface area contributed by atoms with Gasteiger partial charge in [0.1, 0.15) is 6.04 Å². The number of benzene rings is 1. The maximum atomic E-state index is 12.4. The Kier molecular flexibility index (Phi) is 5.63. The fraction of sp³-hybridized carbons (Fsp3) is 0.632. The Balaban J connectivity index is 2.34. The van der Waals surface area contributed by atoms with E-state index < -0.39 is 0 Å². The van der Waals surface area contributed by atoms with Gasteiger partial charge >= 0.3 is 5.97 Å². The number of hydrogen-bond acceptors (Lipinski definition) is 3. The van der Waals surface area contributed by atoms with Crippen molar-refractivity contribution >= 4 is 5.97 Å². The van der Waals surface area contributed by atoms with Crippen LogP contribution in [0.25, 0.3) is 0 Å². The smallest absolute Gasteiger partial charge is 0.323 e. The van der Waals surface area contributed by atoms with Crippen molar-refractivity contribution in [1.29, 1.82) is 0 Å². The van der Waals surface area contributed by atoms with Crippen molar-refractivity contribution < 1.29 is 9.53 Å². The number of nitrogens with zero attached hydrogens (tertiary/aromatic N) is 1. The highest BCUT2D eigenvalue weighted by atomic mass is 16.5. The van der Waals surface area contributed by atoms with Crippen LogP contribution in [0.5, 0.6) is 0 Å². The lowest BCUT2D eigenvalue weighted by atomic mass is 9.71. The first-order valence-corrected chi connectivity index (χ1v) is 8.38. The second-order valence-electron chi connectivity index (χ2n) is 6.68. The molecule has 1 heterocycles. The summed E-state index contributed by atoms with van der Waals surface area (Å²) < 4.78 is 5.12. The summed E-state index contributed by atoms with van der Waals surface area (Å²) in [4.78, 5) is 14.8. The number of likely N-dealkylation sites (tertiary alicyclic amines) is 1. The third-order valence-electron chi connectivity index (χ3n) is 5.62. The van der Waals surface area contributed by atoms with Crippen molar-refractivity contribution in [2.24, 2.45) is 17.8 Å². The van der Waals surface area contributed by atoms with Crippen LogP contribution in [0.3, 0.4) is 0 Å². The Bertz CT molecular complexity index is 487. The maximum Gasteiger partial charge on any atom is 0.323 e. The lowest BCUT2D eigenvalue weighted by molar-refractivity contribution is -0.157. The molecule has 2 rings (SSSR count). The zero-order valence-corrected chi connectivity index (χ0v) is 14.5. The molecule has 122 valence electrons. The molecule has 0 unspecified atom stereocenters. The first-order chi connectivity index (χ1) is 10.5. The Morgan fingerprint density at radius 3 is 2.27 bits per heavy atom. The summed E-state index contributed by atoms with van der Waals surface area (Å²) in [6.45, 7) is 9.80. The van der Waals surface area contributed by atoms with E-state index in [9.17, 15) is 4.79 Å². The summed E-state index contributed by atoms with van der Waals surface area (Å²) in [5.74, 6) is 1.29. The van der Waals surface area contributed by atoms with Crippen LogP contribution in [0.4, 0.5) is 0 Å². The third kappa shape index (κ3) is 3.19. The lowest BCUT2D eigenvalue weighted by Gasteiger charge is -2.50. The molecule has 22 heavy (non-hydrogen) atoms. The van der Waals surface area contributed by atoms with Gasteiger partial charge in [-0.15, -0.1) is 0 Å². The highest BCUT2D eigenvalue weighted by Crippen LogP contribution is 2.39. The van der Waals surface area contributed by atoms with Gasteiger partial charge in [0.15, 0.2) is 0 Å². The Labute approximate surface area is 134 Å². The number of rotatable bonds is 4. The molecule has 0 radical (unpaired) electrons. The van der Waals surface area contributed by atoms with Gasteiger partial charge < -0.3 is 4.74 Å². The van der Waals surface area contributed by atoms with Crippen LogP contribution in [-0.2, 0) is 16.1 Å². The number of piperidine rings is 1. The normalized spacial score (nSPS) is 32.7. The third-order valence-corrected chi connectivity index (χ3v) is 5.62. The van der Waals surface area contributed by atoms with Gasteiger partial charge in [0.25, 0.3) is 0 Å². The molecule has 1 aromatic carbocycles. The van der Waals surface area contributed by atoms with Crippen LogP contribution in [-0.4, -0.2) is 30.1 Å². The van der Waals surface area contributed by atoms with Gasteiger partial charge in [-0.05, 0) is 29.7 Å². The topological polar surface area (TPSA) is 29.5 Å². The maximum absolute atomic E-state index is 12.4. The van der Waals surface area contributed by atoms with Crippen LogP contribution in [0.1, 0.15) is 39.7 Å². The van der Waals surface area contributed by atoms with Gasteiger partial charge in [-0.25, -0.2) is 0 Å². The molecule has 1 aliphatic rings. The van der Waals surface area contributed by atoms with E-state index in [0.29, 0.717) is 23.8 Å². The molecule has 0 aliphatic carbocycles. The van der Waals surface area contributed by atoms with E-state index >= 15 is 0 Å². The van der Waals surface area contributed by atoms with Crippen LogP contribution in [0.15, 0.2) is 30.3 Å². The van der Waals surface area contributed by atoms with Crippen LogP contribution in [0.2, 0.25) is 0 Å².